The molecule has 1 saturated heterocycles. The second-order valence-corrected chi connectivity index (χ2v) is 4.36. The molecule has 0 spiro atoms. The lowest BCUT2D eigenvalue weighted by molar-refractivity contribution is 0.190. The third-order valence-corrected chi connectivity index (χ3v) is 2.91. The number of aliphatic hydroxyl groups excluding tert-OH is 1. The zero-order valence-electron chi connectivity index (χ0n) is 8.95. The van der Waals surface area contributed by atoms with E-state index < -0.39 is 0 Å². The molecule has 0 amide bonds. The molecule has 1 fully saturated rings. The Balaban J connectivity index is 2.12. The number of nitrogens with zero attached hydrogens (tertiary/aromatic N) is 1. The number of aliphatic hydroxyl groups is 1. The van der Waals surface area contributed by atoms with Crippen LogP contribution in [0.25, 0.3) is 0 Å². The van der Waals surface area contributed by atoms with Crippen LogP contribution in [-0.4, -0.2) is 48.3 Å². The van der Waals surface area contributed by atoms with E-state index in [2.05, 4.69) is 31.1 Å². The minimum absolute atomic E-state index is 0.116. The van der Waals surface area contributed by atoms with Crippen LogP contribution >= 0.6 is 0 Å². The molecule has 1 heterocycles. The van der Waals surface area contributed by atoms with E-state index >= 15 is 0 Å². The van der Waals surface area contributed by atoms with Gasteiger partial charge in [-0.1, -0.05) is 0 Å². The average Bonchev–Trinajstić information content (AvgIpc) is 2.47. The van der Waals surface area contributed by atoms with Crippen molar-refractivity contribution in [3.63, 3.8) is 0 Å². The van der Waals surface area contributed by atoms with Crippen LogP contribution in [-0.2, 0) is 0 Å². The van der Waals surface area contributed by atoms with Gasteiger partial charge >= 0.3 is 0 Å². The molecule has 1 rings (SSSR count). The van der Waals surface area contributed by atoms with Gasteiger partial charge < -0.3 is 15.3 Å². The van der Waals surface area contributed by atoms with E-state index in [1.165, 1.54) is 0 Å². The van der Waals surface area contributed by atoms with Crippen LogP contribution in [0.2, 0.25) is 0 Å². The van der Waals surface area contributed by atoms with Crippen molar-refractivity contribution in [3.05, 3.63) is 0 Å². The fourth-order valence-electron chi connectivity index (χ4n) is 1.64. The number of hydrogen-bond donors (Lipinski definition) is 2. The smallest absolute Gasteiger partial charge is 0.0679 e. The molecule has 0 aromatic carbocycles. The first kappa shape index (κ1) is 11.0. The number of hydrogen-bond acceptors (Lipinski definition) is 3. The van der Waals surface area contributed by atoms with Crippen molar-refractivity contribution in [2.45, 2.75) is 44.9 Å². The normalized spacial score (nSPS) is 29.1. The first-order valence-corrected chi connectivity index (χ1v) is 5.21. The Hall–Kier alpha value is -0.120. The molecular formula is C10H22N2O. The van der Waals surface area contributed by atoms with Crippen LogP contribution < -0.4 is 5.32 Å². The molecule has 78 valence electrons. The maximum absolute atomic E-state index is 9.30. The van der Waals surface area contributed by atoms with Crippen LogP contribution in [0.3, 0.4) is 0 Å². The van der Waals surface area contributed by atoms with Crippen molar-refractivity contribution >= 4 is 0 Å². The minimum atomic E-state index is -0.116. The van der Waals surface area contributed by atoms with Gasteiger partial charge in [0.05, 0.1) is 6.10 Å². The third-order valence-electron chi connectivity index (χ3n) is 2.91. The fraction of sp³-hybridized carbons (Fsp3) is 1.00. The fourth-order valence-corrected chi connectivity index (χ4v) is 1.64. The van der Waals surface area contributed by atoms with Gasteiger partial charge in [0, 0.05) is 18.6 Å². The van der Waals surface area contributed by atoms with Gasteiger partial charge in [0.2, 0.25) is 0 Å². The van der Waals surface area contributed by atoms with Gasteiger partial charge in [0.1, 0.15) is 0 Å². The molecule has 13 heavy (non-hydrogen) atoms. The van der Waals surface area contributed by atoms with Crippen molar-refractivity contribution in [1.82, 2.24) is 10.2 Å². The summed E-state index contributed by atoms with van der Waals surface area (Å²) in [7, 11) is 2.15. The molecule has 0 aromatic heterocycles. The molecule has 3 nitrogen and oxygen atoms in total. The molecule has 2 atom stereocenters. The van der Waals surface area contributed by atoms with Crippen LogP contribution in [0.1, 0.15) is 26.7 Å². The van der Waals surface area contributed by atoms with Crippen molar-refractivity contribution < 1.29 is 5.11 Å². The SMILES string of the molecule is CC(C)N(C)CCC1CC(O)CN1. The van der Waals surface area contributed by atoms with Crippen molar-refractivity contribution in [2.24, 2.45) is 0 Å². The molecule has 0 radical (unpaired) electrons. The lowest BCUT2D eigenvalue weighted by Gasteiger charge is -2.22. The van der Waals surface area contributed by atoms with Crippen LogP contribution in [0.5, 0.6) is 0 Å². The average molecular weight is 186 g/mol. The summed E-state index contributed by atoms with van der Waals surface area (Å²) < 4.78 is 0. The van der Waals surface area contributed by atoms with Gasteiger partial charge in [0.15, 0.2) is 0 Å². The molecule has 1 aliphatic rings. The van der Waals surface area contributed by atoms with Gasteiger partial charge in [0.25, 0.3) is 0 Å². The quantitative estimate of drug-likeness (QED) is 0.669. The highest BCUT2D eigenvalue weighted by atomic mass is 16.3. The molecule has 0 aromatic rings. The topological polar surface area (TPSA) is 35.5 Å². The Morgan fingerprint density at radius 1 is 1.54 bits per heavy atom. The highest BCUT2D eigenvalue weighted by Crippen LogP contribution is 2.10. The number of rotatable bonds is 4. The Kier molecular flexibility index (Phi) is 4.16. The first-order valence-electron chi connectivity index (χ1n) is 5.21. The molecule has 0 bridgehead atoms. The zero-order chi connectivity index (χ0) is 9.84. The Morgan fingerprint density at radius 3 is 2.69 bits per heavy atom. The summed E-state index contributed by atoms with van der Waals surface area (Å²) in [4.78, 5) is 2.34. The lowest BCUT2D eigenvalue weighted by atomic mass is 10.1. The standard InChI is InChI=1S/C10H22N2O/c1-8(2)12(3)5-4-9-6-10(13)7-11-9/h8-11,13H,4-7H2,1-3H3. The van der Waals surface area contributed by atoms with E-state index in [1.54, 1.807) is 0 Å². The van der Waals surface area contributed by atoms with E-state index in [0.29, 0.717) is 12.1 Å². The van der Waals surface area contributed by atoms with Crippen LogP contribution in [0.4, 0.5) is 0 Å². The zero-order valence-corrected chi connectivity index (χ0v) is 8.95. The van der Waals surface area contributed by atoms with Crippen LogP contribution in [0.15, 0.2) is 0 Å². The summed E-state index contributed by atoms with van der Waals surface area (Å²) in [6.07, 6.45) is 1.95. The third kappa shape index (κ3) is 3.63. The maximum atomic E-state index is 9.30. The second kappa shape index (κ2) is 4.94. The van der Waals surface area contributed by atoms with Crippen molar-refractivity contribution in [2.75, 3.05) is 20.1 Å². The predicted molar refractivity (Wildman–Crippen MR) is 54.8 cm³/mol. The summed E-state index contributed by atoms with van der Waals surface area (Å²) in [6, 6.07) is 1.14. The number of nitrogens with one attached hydrogen (secondary N) is 1. The van der Waals surface area contributed by atoms with Gasteiger partial charge in [-0.2, -0.15) is 0 Å². The van der Waals surface area contributed by atoms with Gasteiger partial charge in [-0.05, 0) is 40.3 Å². The highest BCUT2D eigenvalue weighted by Gasteiger charge is 2.21. The maximum Gasteiger partial charge on any atom is 0.0679 e. The first-order chi connectivity index (χ1) is 6.09. The molecule has 2 unspecified atom stereocenters. The van der Waals surface area contributed by atoms with E-state index in [1.807, 2.05) is 0 Å². The monoisotopic (exact) mass is 186 g/mol. The van der Waals surface area contributed by atoms with Crippen LogP contribution in [0, 0.1) is 0 Å². The predicted octanol–water partition coefficient (Wildman–Crippen LogP) is 0.439. The van der Waals surface area contributed by atoms with Crippen molar-refractivity contribution in [3.8, 4) is 0 Å². The molecule has 3 heteroatoms. The Morgan fingerprint density at radius 2 is 2.23 bits per heavy atom. The van der Waals surface area contributed by atoms with E-state index in [0.717, 1.165) is 25.9 Å². The summed E-state index contributed by atoms with van der Waals surface area (Å²) in [5.41, 5.74) is 0. The Labute approximate surface area is 81.1 Å². The molecular weight excluding hydrogens is 164 g/mol. The number of β-amino-alcohol motifs (C(OH)–C–C–N with tert-alkyl or cyclic N) is 1. The molecule has 2 N–H and O–H groups in total. The lowest BCUT2D eigenvalue weighted by Crippen LogP contribution is -2.32. The molecule has 1 aliphatic heterocycles. The van der Waals surface area contributed by atoms with E-state index in [-0.39, 0.29) is 6.10 Å². The summed E-state index contributed by atoms with van der Waals surface area (Å²) in [6.45, 7) is 6.30. The minimum Gasteiger partial charge on any atom is -0.392 e. The molecule has 0 saturated carbocycles. The van der Waals surface area contributed by atoms with Crippen molar-refractivity contribution in [1.29, 1.82) is 0 Å². The highest BCUT2D eigenvalue weighted by molar-refractivity contribution is 4.81. The van der Waals surface area contributed by atoms with Gasteiger partial charge in [-0.3, -0.25) is 0 Å². The summed E-state index contributed by atoms with van der Waals surface area (Å²) >= 11 is 0. The molecule has 0 aliphatic carbocycles. The summed E-state index contributed by atoms with van der Waals surface area (Å²) in [5.74, 6) is 0. The Bertz CT molecular complexity index is 150. The second-order valence-electron chi connectivity index (χ2n) is 4.36. The van der Waals surface area contributed by atoms with E-state index in [4.69, 9.17) is 0 Å². The van der Waals surface area contributed by atoms with Gasteiger partial charge in [-0.15, -0.1) is 0 Å². The largest absolute Gasteiger partial charge is 0.392 e. The van der Waals surface area contributed by atoms with Gasteiger partial charge in [-0.25, -0.2) is 0 Å². The van der Waals surface area contributed by atoms with E-state index in [9.17, 15) is 5.11 Å². The summed E-state index contributed by atoms with van der Waals surface area (Å²) in [5, 5.41) is 12.6.